The minimum absolute atomic E-state index is 0.168. The molecule has 0 spiro atoms. The highest BCUT2D eigenvalue weighted by atomic mass is 16.6. The van der Waals surface area contributed by atoms with Gasteiger partial charge < -0.3 is 9.84 Å². The number of carbonyl (C=O) groups is 1. The molecule has 1 N–H and O–H groups in total. The Labute approximate surface area is 122 Å². The molecule has 114 valence electrons. The average Bonchev–Trinajstić information content (AvgIpc) is 2.36. The minimum atomic E-state index is -1.24. The first-order valence-electron chi connectivity index (χ1n) is 6.92. The van der Waals surface area contributed by atoms with E-state index in [-0.39, 0.29) is 23.4 Å². The van der Waals surface area contributed by atoms with Crippen molar-refractivity contribution < 1.29 is 19.6 Å². The number of pyridine rings is 1. The molecule has 2 rings (SSSR count). The van der Waals surface area contributed by atoms with Gasteiger partial charge in [-0.25, -0.2) is 9.78 Å². The van der Waals surface area contributed by atoms with Crippen molar-refractivity contribution in [1.82, 2.24) is 4.98 Å². The van der Waals surface area contributed by atoms with Crippen LogP contribution >= 0.6 is 0 Å². The van der Waals surface area contributed by atoms with Crippen molar-refractivity contribution in [2.24, 2.45) is 11.8 Å². The summed E-state index contributed by atoms with van der Waals surface area (Å²) >= 11 is 0. The van der Waals surface area contributed by atoms with Crippen molar-refractivity contribution in [2.75, 3.05) is 0 Å². The first-order valence-corrected chi connectivity index (χ1v) is 6.92. The molecule has 7 nitrogen and oxygen atoms in total. The second-order valence-electron chi connectivity index (χ2n) is 5.74. The lowest BCUT2D eigenvalue weighted by Crippen LogP contribution is -2.29. The van der Waals surface area contributed by atoms with E-state index >= 15 is 0 Å². The van der Waals surface area contributed by atoms with Crippen LogP contribution in [0.25, 0.3) is 0 Å². The van der Waals surface area contributed by atoms with E-state index in [0.717, 1.165) is 31.4 Å². The van der Waals surface area contributed by atoms with Gasteiger partial charge in [-0.05, 0) is 37.2 Å². The number of hydrogen-bond acceptors (Lipinski definition) is 5. The normalized spacial score (nSPS) is 25.3. The fourth-order valence-corrected chi connectivity index (χ4v) is 2.91. The van der Waals surface area contributed by atoms with Gasteiger partial charge in [0.25, 0.3) is 5.88 Å². The molecule has 0 amide bonds. The predicted molar refractivity (Wildman–Crippen MR) is 74.4 cm³/mol. The van der Waals surface area contributed by atoms with Crippen LogP contribution in [0.5, 0.6) is 5.88 Å². The molecular weight excluding hydrogens is 276 g/mol. The Kier molecular flexibility index (Phi) is 4.40. The zero-order valence-corrected chi connectivity index (χ0v) is 12.0. The molecule has 2 unspecified atom stereocenters. The number of aromatic nitrogens is 1. The van der Waals surface area contributed by atoms with Gasteiger partial charge >= 0.3 is 11.7 Å². The topological polar surface area (TPSA) is 103 Å². The SMILES string of the molecule is CC1CC(C)CC(Oc2nc(C(=O)O)ccc2[N+](=O)[O-])C1. The second-order valence-corrected chi connectivity index (χ2v) is 5.74. The Bertz CT molecular complexity index is 550. The maximum atomic E-state index is 11.0. The van der Waals surface area contributed by atoms with E-state index in [1.807, 2.05) is 0 Å². The van der Waals surface area contributed by atoms with E-state index in [0.29, 0.717) is 11.8 Å². The fourth-order valence-electron chi connectivity index (χ4n) is 2.91. The van der Waals surface area contributed by atoms with Gasteiger partial charge in [0.1, 0.15) is 6.10 Å². The Hall–Kier alpha value is -2.18. The van der Waals surface area contributed by atoms with Crippen molar-refractivity contribution in [2.45, 2.75) is 39.2 Å². The summed E-state index contributed by atoms with van der Waals surface area (Å²) in [5, 5.41) is 20.0. The molecular formula is C14H18N2O5. The summed E-state index contributed by atoms with van der Waals surface area (Å²) in [5.74, 6) is -0.493. The lowest BCUT2D eigenvalue weighted by Gasteiger charge is -2.31. The molecule has 1 aliphatic rings. The molecule has 2 atom stereocenters. The van der Waals surface area contributed by atoms with E-state index in [2.05, 4.69) is 18.8 Å². The quantitative estimate of drug-likeness (QED) is 0.676. The van der Waals surface area contributed by atoms with Crippen molar-refractivity contribution in [3.63, 3.8) is 0 Å². The molecule has 0 bridgehead atoms. The van der Waals surface area contributed by atoms with Crippen LogP contribution < -0.4 is 4.74 Å². The van der Waals surface area contributed by atoms with Crippen LogP contribution in [-0.4, -0.2) is 27.1 Å². The molecule has 0 aromatic carbocycles. The predicted octanol–water partition coefficient (Wildman–Crippen LogP) is 2.89. The van der Waals surface area contributed by atoms with Crippen molar-refractivity contribution in [3.8, 4) is 5.88 Å². The Balaban J connectivity index is 2.26. The van der Waals surface area contributed by atoms with Crippen molar-refractivity contribution >= 4 is 11.7 Å². The summed E-state index contributed by atoms with van der Waals surface area (Å²) in [4.78, 5) is 25.1. The first kappa shape index (κ1) is 15.2. The molecule has 1 aliphatic carbocycles. The van der Waals surface area contributed by atoms with E-state index in [4.69, 9.17) is 9.84 Å². The van der Waals surface area contributed by atoms with Gasteiger partial charge in [0.15, 0.2) is 5.69 Å². The number of nitro groups is 1. The number of rotatable bonds is 4. The van der Waals surface area contributed by atoms with Crippen LogP contribution in [0.15, 0.2) is 12.1 Å². The van der Waals surface area contributed by atoms with Crippen molar-refractivity contribution in [1.29, 1.82) is 0 Å². The van der Waals surface area contributed by atoms with Crippen LogP contribution in [0, 0.1) is 22.0 Å². The zero-order chi connectivity index (χ0) is 15.6. The molecule has 1 heterocycles. The highest BCUT2D eigenvalue weighted by molar-refractivity contribution is 5.85. The smallest absolute Gasteiger partial charge is 0.354 e. The maximum Gasteiger partial charge on any atom is 0.354 e. The molecule has 0 aliphatic heterocycles. The van der Waals surface area contributed by atoms with Gasteiger partial charge in [-0.3, -0.25) is 10.1 Å². The number of carboxylic acid groups (broad SMARTS) is 1. The highest BCUT2D eigenvalue weighted by Gasteiger charge is 2.28. The summed E-state index contributed by atoms with van der Waals surface area (Å²) in [6, 6.07) is 2.24. The van der Waals surface area contributed by atoms with E-state index in [1.54, 1.807) is 0 Å². The van der Waals surface area contributed by atoms with Crippen LogP contribution in [0.2, 0.25) is 0 Å². The summed E-state index contributed by atoms with van der Waals surface area (Å²) in [5.41, 5.74) is -0.557. The van der Waals surface area contributed by atoms with E-state index in [9.17, 15) is 14.9 Å². The third-order valence-electron chi connectivity index (χ3n) is 3.67. The molecule has 0 radical (unpaired) electrons. The Morgan fingerprint density at radius 3 is 2.48 bits per heavy atom. The molecule has 0 saturated heterocycles. The lowest BCUT2D eigenvalue weighted by molar-refractivity contribution is -0.386. The molecule has 1 aromatic rings. The fraction of sp³-hybridized carbons (Fsp3) is 0.571. The molecule has 21 heavy (non-hydrogen) atoms. The van der Waals surface area contributed by atoms with Gasteiger partial charge in [0.2, 0.25) is 0 Å². The molecule has 1 fully saturated rings. The van der Waals surface area contributed by atoms with Crippen LogP contribution in [0.4, 0.5) is 5.69 Å². The van der Waals surface area contributed by atoms with Gasteiger partial charge in [0.05, 0.1) is 4.92 Å². The monoisotopic (exact) mass is 294 g/mol. The summed E-state index contributed by atoms with van der Waals surface area (Å²) < 4.78 is 5.66. The standard InChI is InChI=1S/C14H18N2O5/c1-8-5-9(2)7-10(6-8)21-13-12(16(19)20)4-3-11(15-13)14(17)18/h3-4,8-10H,5-7H2,1-2H3,(H,17,18). The molecule has 1 aromatic heterocycles. The minimum Gasteiger partial charge on any atom is -0.477 e. The lowest BCUT2D eigenvalue weighted by atomic mass is 9.82. The highest BCUT2D eigenvalue weighted by Crippen LogP contribution is 2.33. The van der Waals surface area contributed by atoms with Gasteiger partial charge in [0, 0.05) is 6.07 Å². The summed E-state index contributed by atoms with van der Waals surface area (Å²) in [6.07, 6.45) is 2.52. The van der Waals surface area contributed by atoms with Crippen LogP contribution in [-0.2, 0) is 0 Å². The second kappa shape index (κ2) is 6.07. The number of hydrogen-bond donors (Lipinski definition) is 1. The van der Waals surface area contributed by atoms with Crippen LogP contribution in [0.3, 0.4) is 0 Å². The Morgan fingerprint density at radius 1 is 1.33 bits per heavy atom. The number of nitrogens with zero attached hydrogens (tertiary/aromatic N) is 2. The third kappa shape index (κ3) is 3.68. The first-order chi connectivity index (χ1) is 9.86. The molecule has 1 saturated carbocycles. The average molecular weight is 294 g/mol. The van der Waals surface area contributed by atoms with Crippen LogP contribution in [0.1, 0.15) is 43.6 Å². The Morgan fingerprint density at radius 2 is 1.95 bits per heavy atom. The van der Waals surface area contributed by atoms with Gasteiger partial charge in [-0.2, -0.15) is 0 Å². The third-order valence-corrected chi connectivity index (χ3v) is 3.67. The van der Waals surface area contributed by atoms with E-state index in [1.165, 1.54) is 0 Å². The maximum absolute atomic E-state index is 11.0. The number of ether oxygens (including phenoxy) is 1. The molecule has 7 heteroatoms. The van der Waals surface area contributed by atoms with Gasteiger partial charge in [-0.15, -0.1) is 0 Å². The van der Waals surface area contributed by atoms with E-state index < -0.39 is 10.9 Å². The summed E-state index contributed by atoms with van der Waals surface area (Å²) in [7, 11) is 0. The number of aromatic carboxylic acids is 1. The largest absolute Gasteiger partial charge is 0.477 e. The number of carboxylic acids is 1. The summed E-state index contributed by atoms with van der Waals surface area (Å²) in [6.45, 7) is 4.23. The van der Waals surface area contributed by atoms with Crippen molar-refractivity contribution in [3.05, 3.63) is 27.9 Å². The zero-order valence-electron chi connectivity index (χ0n) is 12.0. The van der Waals surface area contributed by atoms with Gasteiger partial charge in [-0.1, -0.05) is 13.8 Å².